The molecule has 0 heterocycles. The number of carbonyl (C=O) groups is 2. The van der Waals surface area contributed by atoms with Gasteiger partial charge in [-0.05, 0) is 36.6 Å². The first kappa shape index (κ1) is 19.3. The maximum Gasteiger partial charge on any atom is 0.273 e. The molecule has 0 aliphatic heterocycles. The Kier molecular flexibility index (Phi) is 5.88. The minimum Gasteiger partial charge on any atom is -0.484 e. The number of hydrogen-bond acceptors (Lipinski definition) is 5. The number of benzene rings is 2. The zero-order valence-corrected chi connectivity index (χ0v) is 15.5. The Balaban J connectivity index is 1.62. The number of non-ortho nitro benzene ring substituents is 1. The van der Waals surface area contributed by atoms with E-state index >= 15 is 0 Å². The van der Waals surface area contributed by atoms with Crippen LogP contribution in [0.1, 0.15) is 28.8 Å². The van der Waals surface area contributed by atoms with E-state index in [-0.39, 0.29) is 35.9 Å². The SMILES string of the molecule is CNC(=O)c1ccc(CN(C(=O)COc2cccc([N+](=O)[O-])c2)C2CC2)cc1. The van der Waals surface area contributed by atoms with Crippen LogP contribution in [0.2, 0.25) is 0 Å². The van der Waals surface area contributed by atoms with Gasteiger partial charge in [0.25, 0.3) is 17.5 Å². The molecule has 146 valence electrons. The molecule has 0 saturated heterocycles. The summed E-state index contributed by atoms with van der Waals surface area (Å²) < 4.78 is 5.47. The molecule has 1 saturated carbocycles. The first-order valence-corrected chi connectivity index (χ1v) is 8.95. The first-order valence-electron chi connectivity index (χ1n) is 8.95. The predicted molar refractivity (Wildman–Crippen MR) is 102 cm³/mol. The fourth-order valence-corrected chi connectivity index (χ4v) is 2.82. The van der Waals surface area contributed by atoms with Crippen LogP contribution in [0.4, 0.5) is 5.69 Å². The van der Waals surface area contributed by atoms with Gasteiger partial charge in [0.05, 0.1) is 11.0 Å². The molecule has 8 nitrogen and oxygen atoms in total. The van der Waals surface area contributed by atoms with E-state index in [1.165, 1.54) is 18.2 Å². The fraction of sp³-hybridized carbons (Fsp3) is 0.300. The molecule has 8 heteroatoms. The smallest absolute Gasteiger partial charge is 0.273 e. The fourth-order valence-electron chi connectivity index (χ4n) is 2.82. The number of carbonyl (C=O) groups excluding carboxylic acids is 2. The molecule has 1 fully saturated rings. The summed E-state index contributed by atoms with van der Waals surface area (Å²) in [7, 11) is 1.57. The molecule has 0 unspecified atom stereocenters. The van der Waals surface area contributed by atoms with Crippen LogP contribution in [0.25, 0.3) is 0 Å². The number of nitrogens with one attached hydrogen (secondary N) is 1. The van der Waals surface area contributed by atoms with Crippen LogP contribution in [0.15, 0.2) is 48.5 Å². The maximum atomic E-state index is 12.6. The summed E-state index contributed by atoms with van der Waals surface area (Å²) in [5, 5.41) is 13.4. The van der Waals surface area contributed by atoms with E-state index in [1.807, 2.05) is 12.1 Å². The maximum absolute atomic E-state index is 12.6. The third-order valence-electron chi connectivity index (χ3n) is 4.49. The molecule has 3 rings (SSSR count). The van der Waals surface area contributed by atoms with Gasteiger partial charge in [-0.3, -0.25) is 19.7 Å². The van der Waals surface area contributed by atoms with Crippen LogP contribution in [0, 0.1) is 10.1 Å². The van der Waals surface area contributed by atoms with Crippen LogP contribution in [0.5, 0.6) is 5.75 Å². The Bertz CT molecular complexity index is 878. The van der Waals surface area contributed by atoms with Crippen molar-refractivity contribution >= 4 is 17.5 Å². The van der Waals surface area contributed by atoms with Crippen LogP contribution < -0.4 is 10.1 Å². The van der Waals surface area contributed by atoms with Gasteiger partial charge in [-0.15, -0.1) is 0 Å². The van der Waals surface area contributed by atoms with E-state index in [0.717, 1.165) is 18.4 Å². The van der Waals surface area contributed by atoms with Crippen molar-refractivity contribution in [2.24, 2.45) is 0 Å². The minimum absolute atomic E-state index is 0.0831. The van der Waals surface area contributed by atoms with Gasteiger partial charge in [-0.1, -0.05) is 18.2 Å². The summed E-state index contributed by atoms with van der Waals surface area (Å²) in [6.07, 6.45) is 1.89. The summed E-state index contributed by atoms with van der Waals surface area (Å²) in [4.78, 5) is 36.4. The Morgan fingerprint density at radius 3 is 2.54 bits per heavy atom. The molecule has 1 aliphatic rings. The lowest BCUT2D eigenvalue weighted by Crippen LogP contribution is -2.36. The normalized spacial score (nSPS) is 12.9. The summed E-state index contributed by atoms with van der Waals surface area (Å²) in [5.41, 5.74) is 1.40. The summed E-state index contributed by atoms with van der Waals surface area (Å²) in [6, 6.07) is 13.1. The molecule has 1 aliphatic carbocycles. The number of rotatable bonds is 8. The van der Waals surface area contributed by atoms with Gasteiger partial charge in [-0.25, -0.2) is 0 Å². The molecule has 2 amide bonds. The zero-order chi connectivity index (χ0) is 20.1. The second-order valence-corrected chi connectivity index (χ2v) is 6.57. The molecule has 2 aromatic carbocycles. The van der Waals surface area contributed by atoms with Gasteiger partial charge in [0.1, 0.15) is 5.75 Å². The number of nitrogens with zero attached hydrogens (tertiary/aromatic N) is 2. The summed E-state index contributed by atoms with van der Waals surface area (Å²) in [6.45, 7) is 0.240. The quantitative estimate of drug-likeness (QED) is 0.557. The zero-order valence-electron chi connectivity index (χ0n) is 15.5. The Hall–Kier alpha value is -3.42. The van der Waals surface area contributed by atoms with E-state index in [0.29, 0.717) is 12.1 Å². The number of ether oxygens (including phenoxy) is 1. The summed E-state index contributed by atoms with van der Waals surface area (Å²) >= 11 is 0. The molecule has 2 aromatic rings. The van der Waals surface area contributed by atoms with Gasteiger partial charge in [0, 0.05) is 31.3 Å². The lowest BCUT2D eigenvalue weighted by molar-refractivity contribution is -0.384. The second kappa shape index (κ2) is 8.51. The van der Waals surface area contributed by atoms with Crippen LogP contribution in [-0.4, -0.2) is 41.3 Å². The molecule has 1 N–H and O–H groups in total. The Morgan fingerprint density at radius 2 is 1.93 bits per heavy atom. The van der Waals surface area contributed by atoms with E-state index in [2.05, 4.69) is 5.32 Å². The highest BCUT2D eigenvalue weighted by Crippen LogP contribution is 2.29. The average molecular weight is 383 g/mol. The molecule has 0 radical (unpaired) electrons. The predicted octanol–water partition coefficient (Wildman–Crippen LogP) is 2.52. The van der Waals surface area contributed by atoms with Crippen molar-refractivity contribution in [1.29, 1.82) is 0 Å². The number of nitro groups is 1. The van der Waals surface area contributed by atoms with Gasteiger partial charge in [0.15, 0.2) is 6.61 Å². The summed E-state index contributed by atoms with van der Waals surface area (Å²) in [5.74, 6) is -0.0513. The van der Waals surface area contributed by atoms with E-state index in [1.54, 1.807) is 30.1 Å². The molecule has 0 spiro atoms. The highest BCUT2D eigenvalue weighted by Gasteiger charge is 2.32. The van der Waals surface area contributed by atoms with Crippen molar-refractivity contribution in [3.63, 3.8) is 0 Å². The molecule has 0 atom stereocenters. The Labute approximate surface area is 162 Å². The number of amides is 2. The molecular formula is C20H21N3O5. The first-order chi connectivity index (χ1) is 13.5. The lowest BCUT2D eigenvalue weighted by atomic mass is 10.1. The molecule has 0 bridgehead atoms. The van der Waals surface area contributed by atoms with E-state index in [4.69, 9.17) is 4.74 Å². The molecule has 28 heavy (non-hydrogen) atoms. The van der Waals surface area contributed by atoms with Crippen molar-refractivity contribution in [3.8, 4) is 5.75 Å². The van der Waals surface area contributed by atoms with Crippen LogP contribution in [-0.2, 0) is 11.3 Å². The van der Waals surface area contributed by atoms with Gasteiger partial charge >= 0.3 is 0 Å². The monoisotopic (exact) mass is 383 g/mol. The standard InChI is InChI=1S/C20H21N3O5/c1-21-20(25)15-7-5-14(6-8-15)12-22(16-9-10-16)19(24)13-28-18-4-2-3-17(11-18)23(26)27/h2-8,11,16H,9-10,12-13H2,1H3,(H,21,25). The van der Waals surface area contributed by atoms with Crippen molar-refractivity contribution in [3.05, 3.63) is 69.8 Å². The second-order valence-electron chi connectivity index (χ2n) is 6.57. The lowest BCUT2D eigenvalue weighted by Gasteiger charge is -2.22. The molecule has 0 aromatic heterocycles. The van der Waals surface area contributed by atoms with E-state index in [9.17, 15) is 19.7 Å². The van der Waals surface area contributed by atoms with Crippen molar-refractivity contribution in [1.82, 2.24) is 10.2 Å². The van der Waals surface area contributed by atoms with Crippen molar-refractivity contribution < 1.29 is 19.2 Å². The minimum atomic E-state index is -0.506. The van der Waals surface area contributed by atoms with Crippen LogP contribution in [0.3, 0.4) is 0 Å². The Morgan fingerprint density at radius 1 is 1.21 bits per heavy atom. The number of hydrogen-bond donors (Lipinski definition) is 1. The average Bonchev–Trinajstić information content (AvgIpc) is 3.55. The topological polar surface area (TPSA) is 102 Å². The van der Waals surface area contributed by atoms with Crippen LogP contribution >= 0.6 is 0 Å². The van der Waals surface area contributed by atoms with Gasteiger partial charge < -0.3 is 15.0 Å². The third kappa shape index (κ3) is 4.85. The highest BCUT2D eigenvalue weighted by molar-refractivity contribution is 5.93. The van der Waals surface area contributed by atoms with E-state index < -0.39 is 4.92 Å². The molecular weight excluding hydrogens is 362 g/mol. The van der Waals surface area contributed by atoms with Gasteiger partial charge in [-0.2, -0.15) is 0 Å². The third-order valence-corrected chi connectivity index (χ3v) is 4.49. The highest BCUT2D eigenvalue weighted by atomic mass is 16.6. The van der Waals surface area contributed by atoms with Crippen molar-refractivity contribution in [2.75, 3.05) is 13.7 Å². The largest absolute Gasteiger partial charge is 0.484 e. The van der Waals surface area contributed by atoms with Gasteiger partial charge in [0.2, 0.25) is 0 Å². The number of nitro benzene ring substituents is 1. The van der Waals surface area contributed by atoms with Crippen molar-refractivity contribution in [2.45, 2.75) is 25.4 Å².